The molecule has 5 rings (SSSR count). The van der Waals surface area contributed by atoms with Crippen LogP contribution in [0, 0.1) is 5.82 Å². The minimum Gasteiger partial charge on any atom is -0.458 e. The highest BCUT2D eigenvalue weighted by Crippen LogP contribution is 2.34. The number of nitrogens with one attached hydrogen (secondary N) is 1. The van der Waals surface area contributed by atoms with Gasteiger partial charge >= 0.3 is 0 Å². The van der Waals surface area contributed by atoms with Crippen LogP contribution in [0.2, 0.25) is 5.02 Å². The van der Waals surface area contributed by atoms with Crippen LogP contribution in [0.25, 0.3) is 28.2 Å². The zero-order valence-corrected chi connectivity index (χ0v) is 22.1. The van der Waals surface area contributed by atoms with Crippen molar-refractivity contribution in [2.45, 2.75) is 11.4 Å². The fraction of sp³-hybridized carbons (Fsp3) is 0.185. The summed E-state index contributed by atoms with van der Waals surface area (Å²) in [6.45, 7) is 0.944. The number of nitrogens with two attached hydrogens (primary N) is 1. The maximum Gasteiger partial charge on any atom is 0.246 e. The van der Waals surface area contributed by atoms with Crippen molar-refractivity contribution in [1.29, 1.82) is 0 Å². The quantitative estimate of drug-likeness (QED) is 0.318. The van der Waals surface area contributed by atoms with Gasteiger partial charge in [-0.15, -0.1) is 0 Å². The van der Waals surface area contributed by atoms with Crippen LogP contribution < -0.4 is 11.1 Å². The maximum absolute atomic E-state index is 14.7. The number of pyridine rings is 1. The van der Waals surface area contributed by atoms with Crippen LogP contribution in [-0.4, -0.2) is 49.9 Å². The molecule has 4 aromatic rings. The first kappa shape index (κ1) is 26.8. The number of sulfonamides is 1. The highest BCUT2D eigenvalue weighted by atomic mass is 35.5. The number of rotatable bonds is 7. The number of carbonyl (C=O) groups excluding carboxylic acids is 1. The summed E-state index contributed by atoms with van der Waals surface area (Å²) in [4.78, 5) is 15.8. The molecular formula is C27H24ClFN4O5S. The molecule has 0 radical (unpaired) electrons. The van der Waals surface area contributed by atoms with Gasteiger partial charge in [-0.3, -0.25) is 4.79 Å². The van der Waals surface area contributed by atoms with Gasteiger partial charge in [-0.1, -0.05) is 17.7 Å². The van der Waals surface area contributed by atoms with E-state index in [1.807, 2.05) is 0 Å². The Balaban J connectivity index is 1.35. The number of furan rings is 1. The Labute approximate surface area is 229 Å². The molecule has 9 nitrogen and oxygen atoms in total. The molecule has 12 heteroatoms. The van der Waals surface area contributed by atoms with E-state index in [2.05, 4.69) is 10.3 Å². The lowest BCUT2D eigenvalue weighted by Gasteiger charge is -2.26. The Morgan fingerprint density at radius 1 is 1.13 bits per heavy atom. The first-order valence-electron chi connectivity index (χ1n) is 12.0. The predicted octanol–water partition coefficient (Wildman–Crippen LogP) is 4.22. The van der Waals surface area contributed by atoms with E-state index in [1.54, 1.807) is 42.6 Å². The molecule has 202 valence electrons. The van der Waals surface area contributed by atoms with Crippen LogP contribution in [0.5, 0.6) is 0 Å². The van der Waals surface area contributed by atoms with E-state index in [-0.39, 0.29) is 43.8 Å². The van der Waals surface area contributed by atoms with Gasteiger partial charge in [-0.2, -0.15) is 4.31 Å². The molecule has 0 atom stereocenters. The van der Waals surface area contributed by atoms with Gasteiger partial charge in [-0.05, 0) is 65.2 Å². The van der Waals surface area contributed by atoms with Gasteiger partial charge < -0.3 is 20.2 Å². The number of hydrogen-bond acceptors (Lipinski definition) is 7. The molecule has 1 amide bonds. The molecule has 0 bridgehead atoms. The van der Waals surface area contributed by atoms with Gasteiger partial charge in [0.15, 0.2) is 5.58 Å². The zero-order valence-electron chi connectivity index (χ0n) is 20.6. The lowest BCUT2D eigenvalue weighted by atomic mass is 10.0. The van der Waals surface area contributed by atoms with Crippen molar-refractivity contribution in [2.24, 2.45) is 0 Å². The Hall–Kier alpha value is -3.77. The monoisotopic (exact) mass is 570 g/mol. The number of morpholine rings is 1. The van der Waals surface area contributed by atoms with Crippen molar-refractivity contribution in [2.75, 3.05) is 32.0 Å². The summed E-state index contributed by atoms with van der Waals surface area (Å²) in [7, 11) is -4.04. The normalized spacial score (nSPS) is 14.7. The fourth-order valence-electron chi connectivity index (χ4n) is 4.14. The average Bonchev–Trinajstić information content (AvgIpc) is 3.36. The smallest absolute Gasteiger partial charge is 0.246 e. The number of amides is 1. The van der Waals surface area contributed by atoms with Crippen molar-refractivity contribution in [3.05, 3.63) is 83.0 Å². The number of hydrogen-bond donors (Lipinski definition) is 2. The molecule has 1 fully saturated rings. The number of benzene rings is 2. The molecule has 0 unspecified atom stereocenters. The highest BCUT2D eigenvalue weighted by Gasteiger charge is 2.29. The Bertz CT molecular complexity index is 1670. The summed E-state index contributed by atoms with van der Waals surface area (Å²) in [5.74, 6) is -0.310. The third kappa shape index (κ3) is 5.96. The van der Waals surface area contributed by atoms with Crippen molar-refractivity contribution in [1.82, 2.24) is 14.6 Å². The molecule has 1 saturated heterocycles. The first-order valence-corrected chi connectivity index (χ1v) is 13.8. The predicted molar refractivity (Wildman–Crippen MR) is 146 cm³/mol. The molecule has 0 aliphatic carbocycles. The first-order chi connectivity index (χ1) is 18.7. The van der Waals surface area contributed by atoms with E-state index in [0.717, 1.165) is 11.6 Å². The number of nitrogens with zero attached hydrogens (tertiary/aromatic N) is 2. The van der Waals surface area contributed by atoms with Crippen LogP contribution >= 0.6 is 11.6 Å². The highest BCUT2D eigenvalue weighted by molar-refractivity contribution is 7.89. The lowest BCUT2D eigenvalue weighted by Crippen LogP contribution is -2.40. The Morgan fingerprint density at radius 3 is 2.67 bits per heavy atom. The number of fused-ring (bicyclic) bond motifs is 1. The van der Waals surface area contributed by atoms with Crippen LogP contribution in [0.1, 0.15) is 11.3 Å². The third-order valence-corrected chi connectivity index (χ3v) is 8.34. The minimum atomic E-state index is -4.04. The summed E-state index contributed by atoms with van der Waals surface area (Å²) in [6, 6.07) is 12.4. The number of anilines is 1. The largest absolute Gasteiger partial charge is 0.458 e. The lowest BCUT2D eigenvalue weighted by molar-refractivity contribution is -0.116. The van der Waals surface area contributed by atoms with E-state index in [0.29, 0.717) is 33.7 Å². The second-order valence-corrected chi connectivity index (χ2v) is 11.1. The van der Waals surface area contributed by atoms with Crippen LogP contribution in [0.4, 0.5) is 10.2 Å². The van der Waals surface area contributed by atoms with E-state index >= 15 is 0 Å². The Kier molecular flexibility index (Phi) is 7.67. The van der Waals surface area contributed by atoms with Gasteiger partial charge in [0.25, 0.3) is 0 Å². The summed E-state index contributed by atoms with van der Waals surface area (Å²) >= 11 is 6.48. The molecule has 0 saturated carbocycles. The maximum atomic E-state index is 14.7. The Morgan fingerprint density at radius 2 is 1.92 bits per heavy atom. The number of halogens is 2. The van der Waals surface area contributed by atoms with Gasteiger partial charge in [0.1, 0.15) is 22.3 Å². The summed E-state index contributed by atoms with van der Waals surface area (Å²) in [5.41, 5.74) is 7.76. The minimum absolute atomic E-state index is 0.113. The molecule has 1 aliphatic rings. The fourth-order valence-corrected chi connectivity index (χ4v) is 5.91. The molecular weight excluding hydrogens is 547 g/mol. The van der Waals surface area contributed by atoms with E-state index < -0.39 is 20.7 Å². The molecule has 3 N–H and O–H groups in total. The number of aromatic nitrogens is 1. The average molecular weight is 571 g/mol. The van der Waals surface area contributed by atoms with Crippen LogP contribution in [0.15, 0.2) is 70.1 Å². The van der Waals surface area contributed by atoms with E-state index in [4.69, 9.17) is 26.5 Å². The standard InChI is InChI=1S/C27H24ClFN4O5S/c28-22-13-19(18-3-4-23(29)24(14-18)39(35,36)33-7-9-37-10-8-33)11-20-12-21(38-27(20)22)16-32-26(34)6-2-17-1-5-25(30)31-15-17/h1-6,11-15H,7-10,16H2,(H2,30,31)(H,32,34)/b6-2+. The zero-order chi connectivity index (χ0) is 27.6. The molecule has 2 aromatic carbocycles. The van der Waals surface area contributed by atoms with E-state index in [1.165, 1.54) is 22.5 Å². The van der Waals surface area contributed by atoms with Crippen molar-refractivity contribution in [3.63, 3.8) is 0 Å². The van der Waals surface area contributed by atoms with Gasteiger partial charge in [0.05, 0.1) is 24.8 Å². The van der Waals surface area contributed by atoms with Crippen molar-refractivity contribution in [3.8, 4) is 11.1 Å². The molecule has 1 aliphatic heterocycles. The SMILES string of the molecule is Nc1ccc(/C=C/C(=O)NCc2cc3cc(-c4ccc(F)c(S(=O)(=O)N5CCOCC5)c4)cc(Cl)c3o2)cn1. The number of ether oxygens (including phenoxy) is 1. The number of nitrogen functional groups attached to an aromatic ring is 1. The van der Waals surface area contributed by atoms with Gasteiger partial charge in [-0.25, -0.2) is 17.8 Å². The molecule has 39 heavy (non-hydrogen) atoms. The molecule has 2 aromatic heterocycles. The van der Waals surface area contributed by atoms with Gasteiger partial charge in [0, 0.05) is 30.7 Å². The second kappa shape index (κ2) is 11.1. The topological polar surface area (TPSA) is 128 Å². The molecule has 0 spiro atoms. The second-order valence-electron chi connectivity index (χ2n) is 8.82. The van der Waals surface area contributed by atoms with Crippen LogP contribution in [0.3, 0.4) is 0 Å². The summed E-state index contributed by atoms with van der Waals surface area (Å²) in [6.07, 6.45) is 4.54. The van der Waals surface area contributed by atoms with E-state index in [9.17, 15) is 17.6 Å². The molecule has 3 heterocycles. The summed E-state index contributed by atoms with van der Waals surface area (Å²) < 4.78 is 53.1. The third-order valence-electron chi connectivity index (χ3n) is 6.15. The number of carbonyl (C=O) groups is 1. The summed E-state index contributed by atoms with van der Waals surface area (Å²) in [5, 5.41) is 3.67. The van der Waals surface area contributed by atoms with Crippen molar-refractivity contribution >= 4 is 50.4 Å². The van der Waals surface area contributed by atoms with Crippen molar-refractivity contribution < 1.29 is 26.8 Å². The van der Waals surface area contributed by atoms with Gasteiger partial charge in [0.2, 0.25) is 15.9 Å². The van der Waals surface area contributed by atoms with Crippen LogP contribution in [-0.2, 0) is 26.1 Å².